The first-order valence-electron chi connectivity index (χ1n) is 7.01. The molecule has 0 unspecified atom stereocenters. The smallest absolute Gasteiger partial charge is 0.265 e. The number of nitrogens with zero attached hydrogens (tertiary/aromatic N) is 2. The Hall–Kier alpha value is -1.34. The van der Waals surface area contributed by atoms with Crippen LogP contribution in [0.2, 0.25) is 0 Å². The van der Waals surface area contributed by atoms with Crippen molar-refractivity contribution in [2.45, 2.75) is 27.2 Å². The minimum absolute atomic E-state index is 0.157. The van der Waals surface area contributed by atoms with Gasteiger partial charge in [0.15, 0.2) is 5.13 Å². The standard InChI is InChI=1S/C13H24N4O2S/c1-4-17(5-2)13-16-11(14)10(20-13)12(18)15-8-7-9-19-6-3/h4-9,14H2,1-3H3,(H,15,18). The molecule has 0 aliphatic rings. The average Bonchev–Trinajstić information content (AvgIpc) is 2.82. The number of aromatic nitrogens is 1. The Morgan fingerprint density at radius 2 is 2.10 bits per heavy atom. The van der Waals surface area contributed by atoms with E-state index in [-0.39, 0.29) is 5.91 Å². The Balaban J connectivity index is 2.55. The quantitative estimate of drug-likeness (QED) is 0.679. The lowest BCUT2D eigenvalue weighted by molar-refractivity contribution is 0.0949. The topological polar surface area (TPSA) is 80.5 Å². The molecule has 0 atom stereocenters. The molecule has 1 aromatic heterocycles. The van der Waals surface area contributed by atoms with Gasteiger partial charge in [0.25, 0.3) is 5.91 Å². The zero-order chi connectivity index (χ0) is 15.0. The normalized spacial score (nSPS) is 10.6. The largest absolute Gasteiger partial charge is 0.382 e. The van der Waals surface area contributed by atoms with Crippen LogP contribution in [0.4, 0.5) is 10.9 Å². The first-order valence-corrected chi connectivity index (χ1v) is 7.82. The highest BCUT2D eigenvalue weighted by Gasteiger charge is 2.18. The van der Waals surface area contributed by atoms with Crippen LogP contribution in [-0.4, -0.2) is 43.7 Å². The van der Waals surface area contributed by atoms with Crippen LogP contribution < -0.4 is 16.0 Å². The van der Waals surface area contributed by atoms with Gasteiger partial charge in [0.1, 0.15) is 10.7 Å². The zero-order valence-electron chi connectivity index (χ0n) is 12.4. The number of ether oxygens (including phenoxy) is 1. The lowest BCUT2D eigenvalue weighted by Gasteiger charge is -2.16. The molecule has 1 heterocycles. The maximum absolute atomic E-state index is 12.0. The second kappa shape index (κ2) is 8.76. The van der Waals surface area contributed by atoms with Gasteiger partial charge in [-0.25, -0.2) is 4.98 Å². The summed E-state index contributed by atoms with van der Waals surface area (Å²) >= 11 is 1.34. The van der Waals surface area contributed by atoms with Gasteiger partial charge in [-0.05, 0) is 27.2 Å². The summed E-state index contributed by atoms with van der Waals surface area (Å²) in [6.45, 7) is 9.67. The molecule has 114 valence electrons. The molecule has 6 nitrogen and oxygen atoms in total. The first-order chi connectivity index (χ1) is 9.63. The van der Waals surface area contributed by atoms with Gasteiger partial charge in [-0.15, -0.1) is 0 Å². The summed E-state index contributed by atoms with van der Waals surface area (Å²) < 4.78 is 5.22. The van der Waals surface area contributed by atoms with E-state index in [2.05, 4.69) is 29.0 Å². The number of carbonyl (C=O) groups excluding carboxylic acids is 1. The molecule has 0 saturated heterocycles. The zero-order valence-corrected chi connectivity index (χ0v) is 13.3. The van der Waals surface area contributed by atoms with Crippen LogP contribution >= 0.6 is 11.3 Å². The van der Waals surface area contributed by atoms with Crippen LogP contribution in [0.1, 0.15) is 36.9 Å². The lowest BCUT2D eigenvalue weighted by atomic mass is 10.4. The molecule has 0 aromatic carbocycles. The second-order valence-corrected chi connectivity index (χ2v) is 5.17. The summed E-state index contributed by atoms with van der Waals surface area (Å²) in [5, 5.41) is 3.64. The third kappa shape index (κ3) is 4.64. The Morgan fingerprint density at radius 3 is 2.70 bits per heavy atom. The minimum atomic E-state index is -0.157. The van der Waals surface area contributed by atoms with Gasteiger partial charge in [0.2, 0.25) is 0 Å². The number of anilines is 2. The van der Waals surface area contributed by atoms with E-state index in [0.717, 1.165) is 24.6 Å². The van der Waals surface area contributed by atoms with E-state index in [0.29, 0.717) is 30.5 Å². The average molecular weight is 300 g/mol. The van der Waals surface area contributed by atoms with Crippen molar-refractivity contribution >= 4 is 28.2 Å². The molecule has 20 heavy (non-hydrogen) atoms. The number of nitrogens with one attached hydrogen (secondary N) is 1. The van der Waals surface area contributed by atoms with E-state index >= 15 is 0 Å². The number of thiazole rings is 1. The van der Waals surface area contributed by atoms with Gasteiger partial charge in [-0.2, -0.15) is 0 Å². The Bertz CT molecular complexity index is 419. The molecule has 0 spiro atoms. The fourth-order valence-electron chi connectivity index (χ4n) is 1.71. The van der Waals surface area contributed by atoms with Gasteiger partial charge >= 0.3 is 0 Å². The number of rotatable bonds is 9. The van der Waals surface area contributed by atoms with Crippen LogP contribution in [-0.2, 0) is 4.74 Å². The van der Waals surface area contributed by atoms with Crippen LogP contribution in [0.5, 0.6) is 0 Å². The fourth-order valence-corrected chi connectivity index (χ4v) is 2.74. The highest BCUT2D eigenvalue weighted by molar-refractivity contribution is 7.18. The number of hydrogen-bond donors (Lipinski definition) is 2. The van der Waals surface area contributed by atoms with Crippen molar-refractivity contribution in [3.63, 3.8) is 0 Å². The van der Waals surface area contributed by atoms with Gasteiger partial charge in [0, 0.05) is 32.8 Å². The number of amides is 1. The summed E-state index contributed by atoms with van der Waals surface area (Å²) in [6.07, 6.45) is 0.793. The van der Waals surface area contributed by atoms with E-state index in [1.165, 1.54) is 11.3 Å². The highest BCUT2D eigenvalue weighted by Crippen LogP contribution is 2.27. The molecule has 0 saturated carbocycles. The van der Waals surface area contributed by atoms with Crippen molar-refractivity contribution in [3.05, 3.63) is 4.88 Å². The molecular formula is C13H24N4O2S. The number of nitrogens with two attached hydrogens (primary N) is 1. The van der Waals surface area contributed by atoms with Crippen molar-refractivity contribution < 1.29 is 9.53 Å². The summed E-state index contributed by atoms with van der Waals surface area (Å²) in [4.78, 5) is 18.9. The molecular weight excluding hydrogens is 276 g/mol. The molecule has 0 bridgehead atoms. The monoisotopic (exact) mass is 300 g/mol. The predicted molar refractivity (Wildman–Crippen MR) is 83.5 cm³/mol. The van der Waals surface area contributed by atoms with E-state index in [4.69, 9.17) is 10.5 Å². The summed E-state index contributed by atoms with van der Waals surface area (Å²) in [7, 11) is 0. The van der Waals surface area contributed by atoms with Gasteiger partial charge in [-0.3, -0.25) is 4.79 Å². The number of carbonyl (C=O) groups is 1. The van der Waals surface area contributed by atoms with E-state index in [1.807, 2.05) is 6.92 Å². The Kier molecular flexibility index (Phi) is 7.32. The Morgan fingerprint density at radius 1 is 1.40 bits per heavy atom. The molecule has 1 rings (SSSR count). The fraction of sp³-hybridized carbons (Fsp3) is 0.692. The van der Waals surface area contributed by atoms with Crippen molar-refractivity contribution in [2.75, 3.05) is 43.5 Å². The summed E-state index contributed by atoms with van der Waals surface area (Å²) in [6, 6.07) is 0. The molecule has 0 fully saturated rings. The minimum Gasteiger partial charge on any atom is -0.382 e. The lowest BCUT2D eigenvalue weighted by Crippen LogP contribution is -2.25. The van der Waals surface area contributed by atoms with Crippen molar-refractivity contribution in [1.29, 1.82) is 0 Å². The van der Waals surface area contributed by atoms with Gasteiger partial charge in [-0.1, -0.05) is 11.3 Å². The van der Waals surface area contributed by atoms with Crippen LogP contribution in [0.3, 0.4) is 0 Å². The first kappa shape index (κ1) is 16.7. The molecule has 7 heteroatoms. The van der Waals surface area contributed by atoms with Crippen LogP contribution in [0.15, 0.2) is 0 Å². The number of hydrogen-bond acceptors (Lipinski definition) is 6. The van der Waals surface area contributed by atoms with Crippen LogP contribution in [0, 0.1) is 0 Å². The maximum Gasteiger partial charge on any atom is 0.265 e. The number of nitrogen functional groups attached to an aromatic ring is 1. The predicted octanol–water partition coefficient (Wildman–Crippen LogP) is 1.73. The van der Waals surface area contributed by atoms with E-state index < -0.39 is 0 Å². The SMILES string of the molecule is CCOCCCNC(=O)c1sc(N(CC)CC)nc1N. The molecule has 3 N–H and O–H groups in total. The molecule has 1 amide bonds. The summed E-state index contributed by atoms with van der Waals surface area (Å²) in [5.41, 5.74) is 5.83. The highest BCUT2D eigenvalue weighted by atomic mass is 32.1. The van der Waals surface area contributed by atoms with E-state index in [9.17, 15) is 4.79 Å². The third-order valence-corrected chi connectivity index (χ3v) is 3.97. The van der Waals surface area contributed by atoms with Crippen molar-refractivity contribution in [1.82, 2.24) is 10.3 Å². The maximum atomic E-state index is 12.0. The second-order valence-electron chi connectivity index (χ2n) is 4.19. The van der Waals surface area contributed by atoms with Gasteiger partial charge < -0.3 is 20.7 Å². The molecule has 0 radical (unpaired) electrons. The Labute approximate surface area is 124 Å². The summed E-state index contributed by atoms with van der Waals surface area (Å²) in [5.74, 6) is 0.147. The van der Waals surface area contributed by atoms with Crippen molar-refractivity contribution in [2.24, 2.45) is 0 Å². The van der Waals surface area contributed by atoms with Crippen molar-refractivity contribution in [3.8, 4) is 0 Å². The van der Waals surface area contributed by atoms with E-state index in [1.54, 1.807) is 0 Å². The third-order valence-electron chi connectivity index (χ3n) is 2.84. The molecule has 0 aliphatic carbocycles. The van der Waals surface area contributed by atoms with Crippen LogP contribution in [0.25, 0.3) is 0 Å². The molecule has 1 aromatic rings. The molecule has 0 aliphatic heterocycles. The van der Waals surface area contributed by atoms with Gasteiger partial charge in [0.05, 0.1) is 0 Å².